The zero-order valence-corrected chi connectivity index (χ0v) is 19.6. The maximum Gasteiger partial charge on any atom is 0.249 e. The van der Waals surface area contributed by atoms with Gasteiger partial charge in [0.05, 0.1) is 11.7 Å². The number of rotatable bonds is 0. The first kappa shape index (κ1) is 19.9. The largest absolute Gasteiger partial charge is 0.483 e. The van der Waals surface area contributed by atoms with Gasteiger partial charge in [0.2, 0.25) is 11.8 Å². The molecule has 2 spiro atoms. The van der Waals surface area contributed by atoms with Gasteiger partial charge in [-0.2, -0.15) is 0 Å². The maximum atomic E-state index is 13.9. The lowest BCUT2D eigenvalue weighted by Crippen LogP contribution is -2.85. The van der Waals surface area contributed by atoms with E-state index in [4.69, 9.17) is 4.74 Å². The molecule has 7 heteroatoms. The van der Waals surface area contributed by atoms with Gasteiger partial charge in [-0.1, -0.05) is 19.9 Å². The van der Waals surface area contributed by atoms with Crippen LogP contribution >= 0.6 is 0 Å². The fourth-order valence-corrected chi connectivity index (χ4v) is 8.36. The van der Waals surface area contributed by atoms with Crippen LogP contribution < -0.4 is 15.1 Å². The summed E-state index contributed by atoms with van der Waals surface area (Å²) in [4.78, 5) is 29.2. The highest BCUT2D eigenvalue weighted by Gasteiger charge is 2.75. The molecule has 7 aliphatic rings. The highest BCUT2D eigenvalue weighted by Crippen LogP contribution is 2.66. The lowest BCUT2D eigenvalue weighted by molar-refractivity contribution is -0.189. The average Bonchev–Trinajstić information content (AvgIpc) is 3.29. The Morgan fingerprint density at radius 1 is 1.15 bits per heavy atom. The summed E-state index contributed by atoms with van der Waals surface area (Å²) < 4.78 is 6.18. The molecular formula is C26H31N3O4. The number of carbonyl (C=O) groups is 2. The molecule has 7 nitrogen and oxygen atoms in total. The molecule has 2 unspecified atom stereocenters. The van der Waals surface area contributed by atoms with Gasteiger partial charge in [-0.05, 0) is 68.7 Å². The first-order valence-electron chi connectivity index (χ1n) is 12.2. The van der Waals surface area contributed by atoms with Crippen LogP contribution in [0.5, 0.6) is 5.75 Å². The van der Waals surface area contributed by atoms with Crippen molar-refractivity contribution in [2.24, 2.45) is 11.3 Å². The highest BCUT2D eigenvalue weighted by molar-refractivity contribution is 6.05. The van der Waals surface area contributed by atoms with Crippen LogP contribution in [0, 0.1) is 11.3 Å². The number of ether oxygens (including phenoxy) is 1. The molecule has 6 heterocycles. The number of nitrogens with one attached hydrogen (secondary N) is 1. The van der Waals surface area contributed by atoms with E-state index < -0.39 is 22.1 Å². The third kappa shape index (κ3) is 2.08. The number of hydroxylamine groups is 1. The number of anilines is 1. The molecule has 2 amide bonds. The molecule has 2 N–H and O–H groups in total. The van der Waals surface area contributed by atoms with Crippen LogP contribution in [0.1, 0.15) is 70.4 Å². The van der Waals surface area contributed by atoms with Crippen molar-refractivity contribution in [3.05, 3.63) is 29.3 Å². The van der Waals surface area contributed by atoms with E-state index in [0.29, 0.717) is 19.4 Å². The Bertz CT molecular complexity index is 1170. The Morgan fingerprint density at radius 3 is 2.73 bits per heavy atom. The van der Waals surface area contributed by atoms with Crippen molar-refractivity contribution in [1.82, 2.24) is 10.2 Å². The van der Waals surface area contributed by atoms with Crippen molar-refractivity contribution in [3.63, 3.8) is 0 Å². The lowest BCUT2D eigenvalue weighted by atomic mass is 9.48. The molecule has 1 aromatic rings. The summed E-state index contributed by atoms with van der Waals surface area (Å²) >= 11 is 0. The third-order valence-electron chi connectivity index (χ3n) is 9.72. The molecule has 1 aromatic carbocycles. The third-order valence-corrected chi connectivity index (χ3v) is 9.72. The van der Waals surface area contributed by atoms with Gasteiger partial charge >= 0.3 is 0 Å². The molecule has 174 valence electrons. The van der Waals surface area contributed by atoms with Crippen LogP contribution in [-0.2, 0) is 9.59 Å². The number of amides is 2. The van der Waals surface area contributed by atoms with Gasteiger partial charge in [0.1, 0.15) is 22.4 Å². The number of benzene rings is 1. The van der Waals surface area contributed by atoms with E-state index in [2.05, 4.69) is 19.2 Å². The predicted molar refractivity (Wildman–Crippen MR) is 122 cm³/mol. The minimum absolute atomic E-state index is 0.0215. The monoisotopic (exact) mass is 449 g/mol. The van der Waals surface area contributed by atoms with Crippen LogP contribution in [0.4, 0.5) is 5.69 Å². The van der Waals surface area contributed by atoms with Crippen LogP contribution in [0.2, 0.25) is 0 Å². The van der Waals surface area contributed by atoms with Gasteiger partial charge in [-0.3, -0.25) is 19.9 Å². The first-order chi connectivity index (χ1) is 15.5. The molecule has 5 fully saturated rings. The molecule has 0 radical (unpaired) electrons. The smallest absolute Gasteiger partial charge is 0.249 e. The van der Waals surface area contributed by atoms with E-state index in [1.165, 1.54) is 5.06 Å². The molecule has 33 heavy (non-hydrogen) atoms. The Labute approximate surface area is 193 Å². The fraction of sp³-hybridized carbons (Fsp3) is 0.615. The van der Waals surface area contributed by atoms with Gasteiger partial charge < -0.3 is 15.0 Å². The molecule has 0 aromatic heterocycles. The summed E-state index contributed by atoms with van der Waals surface area (Å²) in [5.41, 5.74) is 0.291. The number of piperazine rings is 1. The molecule has 8 rings (SSSR count). The number of fused-ring (bicyclic) bond motifs is 6. The number of nitrogens with zero attached hydrogens (tertiary/aromatic N) is 2. The quantitative estimate of drug-likeness (QED) is 0.636. The first-order valence-corrected chi connectivity index (χ1v) is 12.2. The summed E-state index contributed by atoms with van der Waals surface area (Å²) in [5.74, 6) is 0.771. The molecule has 1 aliphatic carbocycles. The van der Waals surface area contributed by atoms with Crippen molar-refractivity contribution in [3.8, 4) is 5.75 Å². The molecule has 5 atom stereocenters. The molecule has 1 saturated carbocycles. The minimum atomic E-state index is -0.902. The van der Waals surface area contributed by atoms with Gasteiger partial charge in [-0.25, -0.2) is 0 Å². The fourth-order valence-electron chi connectivity index (χ4n) is 8.36. The second-order valence-corrected chi connectivity index (χ2v) is 12.1. The van der Waals surface area contributed by atoms with Crippen molar-refractivity contribution in [1.29, 1.82) is 0 Å². The van der Waals surface area contributed by atoms with E-state index in [0.717, 1.165) is 35.4 Å². The van der Waals surface area contributed by atoms with Crippen LogP contribution in [0.3, 0.4) is 0 Å². The summed E-state index contributed by atoms with van der Waals surface area (Å²) in [7, 11) is 0. The Kier molecular flexibility index (Phi) is 3.36. The van der Waals surface area contributed by atoms with E-state index in [1.54, 1.807) is 0 Å². The number of piperidine rings is 2. The Hall–Kier alpha value is -2.54. The van der Waals surface area contributed by atoms with E-state index >= 15 is 0 Å². The normalized spacial score (nSPS) is 40.5. The Balaban J connectivity index is 1.40. The van der Waals surface area contributed by atoms with Crippen LogP contribution in [0.15, 0.2) is 18.2 Å². The second kappa shape index (κ2) is 5.57. The molecule has 6 aliphatic heterocycles. The van der Waals surface area contributed by atoms with E-state index in [-0.39, 0.29) is 29.7 Å². The molecular weight excluding hydrogens is 418 g/mol. The number of hydrogen-bond donors (Lipinski definition) is 2. The van der Waals surface area contributed by atoms with Gasteiger partial charge in [0.25, 0.3) is 0 Å². The van der Waals surface area contributed by atoms with Gasteiger partial charge in [-0.15, -0.1) is 0 Å². The van der Waals surface area contributed by atoms with Gasteiger partial charge in [0, 0.05) is 23.9 Å². The topological polar surface area (TPSA) is 82.1 Å². The number of carbonyl (C=O) groups excluding carboxylic acids is 2. The zero-order valence-electron chi connectivity index (χ0n) is 19.6. The lowest BCUT2D eigenvalue weighted by Gasteiger charge is -2.66. The average molecular weight is 450 g/mol. The molecule has 4 saturated heterocycles. The van der Waals surface area contributed by atoms with Crippen molar-refractivity contribution < 1.29 is 19.5 Å². The Morgan fingerprint density at radius 2 is 1.94 bits per heavy atom. The predicted octanol–water partition coefficient (Wildman–Crippen LogP) is 3.21. The zero-order chi connectivity index (χ0) is 23.1. The maximum absolute atomic E-state index is 13.9. The van der Waals surface area contributed by atoms with Crippen LogP contribution in [-0.4, -0.2) is 51.2 Å². The standard InChI is InChI=1S/C26H31N3O4/c1-23(2)10-8-15-17(33-23)7-6-14-16-12-26-18(24(3,4)20(16)29(32)19(14)15)13-25(21(30)27-26)9-5-11-28(25)22(26)31/h6-8,10,16,18,20,32H,5,9,11-13H2,1-4H3,(H,27,30)/t16?,18-,20?,25-,26-/m0/s1. The SMILES string of the molecule is CC1(C)C=Cc2c(ccc3c2N(O)C2C3C[C@@]34NC(=O)[C@]5(CCCN5C3=O)C[C@H]4C2(C)C)O1. The van der Waals surface area contributed by atoms with Crippen molar-refractivity contribution in [2.45, 2.75) is 82.0 Å². The van der Waals surface area contributed by atoms with Crippen molar-refractivity contribution >= 4 is 23.6 Å². The van der Waals surface area contributed by atoms with Crippen molar-refractivity contribution in [2.75, 3.05) is 11.6 Å². The van der Waals surface area contributed by atoms with E-state index in [9.17, 15) is 14.8 Å². The van der Waals surface area contributed by atoms with Crippen LogP contribution in [0.25, 0.3) is 6.08 Å². The van der Waals surface area contributed by atoms with E-state index in [1.807, 2.05) is 43.0 Å². The highest BCUT2D eigenvalue weighted by atomic mass is 16.5. The summed E-state index contributed by atoms with van der Waals surface area (Å²) in [6.07, 6.45) is 6.87. The van der Waals surface area contributed by atoms with Gasteiger partial charge in [0.15, 0.2) is 0 Å². The minimum Gasteiger partial charge on any atom is -0.483 e. The summed E-state index contributed by atoms with van der Waals surface area (Å²) in [6, 6.07) is 3.86. The number of hydrogen-bond acceptors (Lipinski definition) is 5. The summed E-state index contributed by atoms with van der Waals surface area (Å²) in [6.45, 7) is 9.04. The second-order valence-electron chi connectivity index (χ2n) is 12.1. The molecule has 2 bridgehead atoms. The summed E-state index contributed by atoms with van der Waals surface area (Å²) in [5, 5.41) is 16.3.